The van der Waals surface area contributed by atoms with Crippen LogP contribution >= 0.6 is 0 Å². The quantitative estimate of drug-likeness (QED) is 0.638. The topological polar surface area (TPSA) is 49.3 Å². The van der Waals surface area contributed by atoms with Crippen LogP contribution in [0.4, 0.5) is 5.69 Å². The van der Waals surface area contributed by atoms with E-state index in [2.05, 4.69) is 5.32 Å². The number of hydrogen-bond acceptors (Lipinski definition) is 2. The Morgan fingerprint density at radius 3 is 2.11 bits per heavy atom. The third kappa shape index (κ3) is 3.22. The van der Waals surface area contributed by atoms with Crippen LogP contribution in [0, 0.1) is 0 Å². The zero-order chi connectivity index (χ0) is 12.8. The van der Waals surface area contributed by atoms with Gasteiger partial charge in [0.15, 0.2) is 0 Å². The van der Waals surface area contributed by atoms with Gasteiger partial charge in [0.05, 0.1) is 0 Å². The minimum Gasteiger partial charge on any atom is -0.507 e. The summed E-state index contributed by atoms with van der Waals surface area (Å²) < 4.78 is 0. The number of rotatable bonds is 3. The smallest absolute Gasteiger partial charge is 0.252 e. The Morgan fingerprint density at radius 1 is 0.944 bits per heavy atom. The van der Waals surface area contributed by atoms with E-state index in [9.17, 15) is 9.90 Å². The van der Waals surface area contributed by atoms with Gasteiger partial charge in [-0.15, -0.1) is 0 Å². The molecule has 3 nitrogen and oxygen atoms in total. The van der Waals surface area contributed by atoms with Crippen LogP contribution in [0.25, 0.3) is 5.76 Å². The fourth-order valence-corrected chi connectivity index (χ4v) is 1.52. The standard InChI is InChI=1S/C15H13NO2/c17-14(12-7-3-1-4-8-12)11-15(18)16-13-9-5-2-6-10-13/h1-11,17H,(H,16,18). The predicted molar refractivity (Wildman–Crippen MR) is 72.1 cm³/mol. The summed E-state index contributed by atoms with van der Waals surface area (Å²) in [6.07, 6.45) is 1.17. The Labute approximate surface area is 105 Å². The maximum absolute atomic E-state index is 11.6. The van der Waals surface area contributed by atoms with Gasteiger partial charge in [0.2, 0.25) is 0 Å². The lowest BCUT2D eigenvalue weighted by Gasteiger charge is -2.02. The number of aliphatic hydroxyl groups excluding tert-OH is 1. The zero-order valence-electron chi connectivity index (χ0n) is 9.71. The van der Waals surface area contributed by atoms with Crippen molar-refractivity contribution in [1.82, 2.24) is 0 Å². The lowest BCUT2D eigenvalue weighted by Crippen LogP contribution is -2.08. The summed E-state index contributed by atoms with van der Waals surface area (Å²) in [5.74, 6) is -0.411. The van der Waals surface area contributed by atoms with Gasteiger partial charge in [-0.2, -0.15) is 0 Å². The molecule has 90 valence electrons. The third-order valence-corrected chi connectivity index (χ3v) is 2.38. The number of amides is 1. The normalized spacial score (nSPS) is 11.0. The number of nitrogens with one attached hydrogen (secondary N) is 1. The molecule has 0 aliphatic heterocycles. The highest BCUT2D eigenvalue weighted by Gasteiger charge is 2.02. The van der Waals surface area contributed by atoms with Crippen LogP contribution in [0.5, 0.6) is 0 Å². The van der Waals surface area contributed by atoms with Gasteiger partial charge < -0.3 is 10.4 Å². The van der Waals surface area contributed by atoms with Crippen molar-refractivity contribution in [2.75, 3.05) is 5.32 Å². The highest BCUT2D eigenvalue weighted by Crippen LogP contribution is 2.11. The molecule has 2 aromatic rings. The minimum absolute atomic E-state index is 0.0518. The molecular formula is C15H13NO2. The summed E-state index contributed by atoms with van der Waals surface area (Å²) in [7, 11) is 0. The van der Waals surface area contributed by atoms with Crippen molar-refractivity contribution in [3.05, 3.63) is 72.3 Å². The van der Waals surface area contributed by atoms with E-state index in [1.807, 2.05) is 24.3 Å². The average Bonchev–Trinajstić information content (AvgIpc) is 2.40. The molecule has 18 heavy (non-hydrogen) atoms. The van der Waals surface area contributed by atoms with Gasteiger partial charge >= 0.3 is 0 Å². The molecule has 0 unspecified atom stereocenters. The van der Waals surface area contributed by atoms with Crippen molar-refractivity contribution in [3.8, 4) is 0 Å². The molecule has 1 amide bonds. The largest absolute Gasteiger partial charge is 0.507 e. The molecule has 0 fully saturated rings. The van der Waals surface area contributed by atoms with Gasteiger partial charge in [-0.25, -0.2) is 0 Å². The molecule has 0 radical (unpaired) electrons. The molecular weight excluding hydrogens is 226 g/mol. The monoisotopic (exact) mass is 239 g/mol. The van der Waals surface area contributed by atoms with Gasteiger partial charge in [0.25, 0.3) is 5.91 Å². The summed E-state index contributed by atoms with van der Waals surface area (Å²) in [6.45, 7) is 0. The van der Waals surface area contributed by atoms with E-state index >= 15 is 0 Å². The number of benzene rings is 2. The van der Waals surface area contributed by atoms with Gasteiger partial charge in [-0.1, -0.05) is 48.5 Å². The zero-order valence-corrected chi connectivity index (χ0v) is 9.71. The summed E-state index contributed by atoms with van der Waals surface area (Å²) in [5.41, 5.74) is 1.31. The molecule has 0 bridgehead atoms. The van der Waals surface area contributed by atoms with E-state index in [-0.39, 0.29) is 11.7 Å². The molecule has 0 saturated carbocycles. The molecule has 2 aromatic carbocycles. The summed E-state index contributed by atoms with van der Waals surface area (Å²) in [6, 6.07) is 18.0. The summed E-state index contributed by atoms with van der Waals surface area (Å²) in [5, 5.41) is 12.4. The Bertz CT molecular complexity index is 547. The molecule has 0 saturated heterocycles. The van der Waals surface area contributed by atoms with Crippen molar-refractivity contribution in [3.63, 3.8) is 0 Å². The summed E-state index contributed by atoms with van der Waals surface area (Å²) >= 11 is 0. The first-order valence-corrected chi connectivity index (χ1v) is 5.58. The van der Waals surface area contributed by atoms with Crippen LogP contribution in [0.15, 0.2) is 66.7 Å². The molecule has 0 aliphatic rings. The van der Waals surface area contributed by atoms with Crippen molar-refractivity contribution >= 4 is 17.4 Å². The highest BCUT2D eigenvalue weighted by molar-refractivity contribution is 6.03. The lowest BCUT2D eigenvalue weighted by molar-refractivity contribution is -0.111. The van der Waals surface area contributed by atoms with Crippen LogP contribution in [-0.2, 0) is 4.79 Å². The highest BCUT2D eigenvalue weighted by atomic mass is 16.3. The number of aliphatic hydroxyl groups is 1. The Balaban J connectivity index is 2.07. The number of carbonyl (C=O) groups is 1. The van der Waals surface area contributed by atoms with E-state index < -0.39 is 0 Å². The van der Waals surface area contributed by atoms with Gasteiger partial charge in [0, 0.05) is 17.3 Å². The molecule has 0 heterocycles. The fraction of sp³-hybridized carbons (Fsp3) is 0. The second-order valence-corrected chi connectivity index (χ2v) is 3.75. The Morgan fingerprint density at radius 2 is 1.50 bits per heavy atom. The van der Waals surface area contributed by atoms with Crippen LogP contribution in [0.3, 0.4) is 0 Å². The van der Waals surface area contributed by atoms with Crippen LogP contribution in [0.1, 0.15) is 5.56 Å². The van der Waals surface area contributed by atoms with Crippen molar-refractivity contribution in [2.45, 2.75) is 0 Å². The maximum Gasteiger partial charge on any atom is 0.252 e. The first-order chi connectivity index (χ1) is 8.75. The van der Waals surface area contributed by atoms with E-state index in [4.69, 9.17) is 0 Å². The molecule has 0 aliphatic carbocycles. The number of carbonyl (C=O) groups excluding carboxylic acids is 1. The van der Waals surface area contributed by atoms with E-state index in [1.54, 1.807) is 36.4 Å². The molecule has 3 heteroatoms. The lowest BCUT2D eigenvalue weighted by atomic mass is 10.2. The number of para-hydroxylation sites is 1. The molecule has 0 atom stereocenters. The molecule has 2 rings (SSSR count). The fourth-order valence-electron chi connectivity index (χ4n) is 1.52. The van der Waals surface area contributed by atoms with E-state index in [0.717, 1.165) is 0 Å². The molecule has 0 spiro atoms. The Kier molecular flexibility index (Phi) is 3.76. The number of hydrogen-bond donors (Lipinski definition) is 2. The maximum atomic E-state index is 11.6. The van der Waals surface area contributed by atoms with Crippen molar-refractivity contribution < 1.29 is 9.90 Å². The molecule has 2 N–H and O–H groups in total. The second kappa shape index (κ2) is 5.68. The minimum atomic E-state index is -0.359. The first kappa shape index (κ1) is 11.9. The predicted octanol–water partition coefficient (Wildman–Crippen LogP) is 3.22. The third-order valence-electron chi connectivity index (χ3n) is 2.38. The average molecular weight is 239 g/mol. The van der Waals surface area contributed by atoms with Gasteiger partial charge in [-0.05, 0) is 12.1 Å². The van der Waals surface area contributed by atoms with E-state index in [0.29, 0.717) is 11.3 Å². The molecule has 0 aromatic heterocycles. The van der Waals surface area contributed by atoms with Crippen LogP contribution in [-0.4, -0.2) is 11.0 Å². The van der Waals surface area contributed by atoms with Gasteiger partial charge in [0.1, 0.15) is 5.76 Å². The van der Waals surface area contributed by atoms with E-state index in [1.165, 1.54) is 6.08 Å². The van der Waals surface area contributed by atoms with Crippen LogP contribution in [0.2, 0.25) is 0 Å². The van der Waals surface area contributed by atoms with Gasteiger partial charge in [-0.3, -0.25) is 4.79 Å². The number of anilines is 1. The van der Waals surface area contributed by atoms with Crippen LogP contribution < -0.4 is 5.32 Å². The second-order valence-electron chi connectivity index (χ2n) is 3.75. The van der Waals surface area contributed by atoms with Crippen molar-refractivity contribution in [2.24, 2.45) is 0 Å². The first-order valence-electron chi connectivity index (χ1n) is 5.58. The summed E-state index contributed by atoms with van der Waals surface area (Å²) in [4.78, 5) is 11.6. The Hall–Kier alpha value is -2.55. The van der Waals surface area contributed by atoms with Crippen molar-refractivity contribution in [1.29, 1.82) is 0 Å². The SMILES string of the molecule is O=C(C=C(O)c1ccccc1)Nc1ccccc1.